The molecule has 0 bridgehead atoms. The number of hydrogen-bond donors (Lipinski definition) is 1. The van der Waals surface area contributed by atoms with Crippen molar-refractivity contribution in [1.29, 1.82) is 0 Å². The minimum atomic E-state index is -0.341. The Bertz CT molecular complexity index is 860. The Morgan fingerprint density at radius 2 is 1.89 bits per heavy atom. The van der Waals surface area contributed by atoms with Crippen molar-refractivity contribution in [3.63, 3.8) is 0 Å². The largest absolute Gasteiger partial charge is 0.444 e. The van der Waals surface area contributed by atoms with Gasteiger partial charge in [-0.2, -0.15) is 0 Å². The summed E-state index contributed by atoms with van der Waals surface area (Å²) < 4.78 is 5.75. The molecule has 3 rings (SSSR count). The smallest absolute Gasteiger partial charge is 0.291 e. The molecule has 2 heterocycles. The quantitative estimate of drug-likeness (QED) is 0.694. The van der Waals surface area contributed by atoms with Gasteiger partial charge < -0.3 is 19.5 Å². The van der Waals surface area contributed by atoms with Crippen LogP contribution in [0.5, 0.6) is 0 Å². The van der Waals surface area contributed by atoms with Crippen molar-refractivity contribution in [2.75, 3.05) is 36.4 Å². The van der Waals surface area contributed by atoms with Crippen LogP contribution in [0.4, 0.5) is 11.4 Å². The minimum Gasteiger partial charge on any atom is -0.444 e. The number of hydrogen-bond acceptors (Lipinski definition) is 4. The van der Waals surface area contributed by atoms with E-state index in [0.717, 1.165) is 18.8 Å². The predicted octanol–water partition coefficient (Wildman–Crippen LogP) is 4.64. The monoisotopic (exact) mass is 467 g/mol. The van der Waals surface area contributed by atoms with Gasteiger partial charge in [0.15, 0.2) is 10.4 Å². The summed E-state index contributed by atoms with van der Waals surface area (Å²) in [6, 6.07) is 8.68. The van der Waals surface area contributed by atoms with Crippen molar-refractivity contribution in [2.24, 2.45) is 5.92 Å². The zero-order chi connectivity index (χ0) is 20.3. The lowest BCUT2D eigenvalue weighted by Crippen LogP contribution is -2.49. The van der Waals surface area contributed by atoms with Crippen molar-refractivity contribution in [1.82, 2.24) is 4.90 Å². The first-order valence-corrected chi connectivity index (χ1v) is 10.4. The van der Waals surface area contributed by atoms with E-state index in [0.29, 0.717) is 40.8 Å². The highest BCUT2D eigenvalue weighted by atomic mass is 79.9. The third-order valence-electron chi connectivity index (χ3n) is 4.56. The highest BCUT2D eigenvalue weighted by Gasteiger charge is 2.23. The fourth-order valence-corrected chi connectivity index (χ4v) is 3.75. The lowest BCUT2D eigenvalue weighted by Gasteiger charge is -2.36. The Balaban J connectivity index is 1.60. The van der Waals surface area contributed by atoms with E-state index in [1.165, 1.54) is 0 Å². The Hall–Kier alpha value is -1.99. The predicted molar refractivity (Wildman–Crippen MR) is 114 cm³/mol. The molecule has 2 aromatic rings. The molecule has 1 aromatic carbocycles. The van der Waals surface area contributed by atoms with Gasteiger partial charge in [0.2, 0.25) is 5.91 Å². The maximum atomic E-state index is 12.2. The molecule has 0 unspecified atom stereocenters. The number of piperazine rings is 1. The maximum absolute atomic E-state index is 12.2. The average molecular weight is 469 g/mol. The first-order chi connectivity index (χ1) is 13.3. The van der Waals surface area contributed by atoms with Crippen LogP contribution in [0.1, 0.15) is 30.8 Å². The van der Waals surface area contributed by atoms with Crippen LogP contribution in [0, 0.1) is 5.92 Å². The van der Waals surface area contributed by atoms with E-state index in [2.05, 4.69) is 40.0 Å². The van der Waals surface area contributed by atoms with Crippen LogP contribution in [0.2, 0.25) is 5.02 Å². The molecular weight excluding hydrogens is 446 g/mol. The second-order valence-corrected chi connectivity index (χ2v) is 8.38. The van der Waals surface area contributed by atoms with Gasteiger partial charge in [-0.25, -0.2) is 0 Å². The molecule has 8 heteroatoms. The number of nitrogens with zero attached hydrogens (tertiary/aromatic N) is 2. The van der Waals surface area contributed by atoms with Crippen LogP contribution in [0.25, 0.3) is 0 Å². The third-order valence-corrected chi connectivity index (χ3v) is 5.29. The number of amides is 2. The molecule has 0 spiro atoms. The topological polar surface area (TPSA) is 65.8 Å². The van der Waals surface area contributed by atoms with E-state index in [-0.39, 0.29) is 17.6 Å². The number of furan rings is 1. The highest BCUT2D eigenvalue weighted by molar-refractivity contribution is 9.10. The van der Waals surface area contributed by atoms with Crippen LogP contribution >= 0.6 is 27.5 Å². The van der Waals surface area contributed by atoms with Gasteiger partial charge in [-0.3, -0.25) is 9.59 Å². The molecule has 28 heavy (non-hydrogen) atoms. The van der Waals surface area contributed by atoms with Gasteiger partial charge >= 0.3 is 0 Å². The van der Waals surface area contributed by atoms with E-state index in [1.54, 1.807) is 18.2 Å². The van der Waals surface area contributed by atoms with Gasteiger partial charge in [-0.05, 0) is 52.2 Å². The molecule has 6 nitrogen and oxygen atoms in total. The molecule has 0 atom stereocenters. The summed E-state index contributed by atoms with van der Waals surface area (Å²) >= 11 is 9.64. The second kappa shape index (κ2) is 9.01. The molecule has 1 aliphatic rings. The van der Waals surface area contributed by atoms with Crippen molar-refractivity contribution in [3.8, 4) is 0 Å². The summed E-state index contributed by atoms with van der Waals surface area (Å²) in [4.78, 5) is 28.5. The Labute approximate surface area is 177 Å². The van der Waals surface area contributed by atoms with Gasteiger partial charge in [0.05, 0.1) is 10.7 Å². The van der Waals surface area contributed by atoms with Crippen LogP contribution in [0.3, 0.4) is 0 Å². The van der Waals surface area contributed by atoms with Gasteiger partial charge in [0, 0.05) is 38.3 Å². The van der Waals surface area contributed by atoms with Crippen LogP contribution in [0.15, 0.2) is 39.4 Å². The van der Waals surface area contributed by atoms with E-state index in [9.17, 15) is 9.59 Å². The van der Waals surface area contributed by atoms with Gasteiger partial charge in [-0.15, -0.1) is 0 Å². The van der Waals surface area contributed by atoms with Crippen molar-refractivity contribution in [2.45, 2.75) is 20.3 Å². The highest BCUT2D eigenvalue weighted by Crippen LogP contribution is 2.30. The number of benzene rings is 1. The van der Waals surface area contributed by atoms with Crippen LogP contribution in [-0.4, -0.2) is 42.9 Å². The lowest BCUT2D eigenvalue weighted by atomic mass is 10.1. The van der Waals surface area contributed by atoms with E-state index in [4.69, 9.17) is 16.0 Å². The fraction of sp³-hybridized carbons (Fsp3) is 0.400. The number of halogens is 2. The molecule has 1 fully saturated rings. The maximum Gasteiger partial charge on any atom is 0.291 e. The van der Waals surface area contributed by atoms with Crippen molar-refractivity contribution in [3.05, 3.63) is 45.8 Å². The number of carbonyl (C=O) groups excluding carboxylic acids is 2. The summed E-state index contributed by atoms with van der Waals surface area (Å²) in [5, 5.41) is 3.33. The number of anilines is 2. The lowest BCUT2D eigenvalue weighted by molar-refractivity contribution is -0.132. The number of nitrogens with one attached hydrogen (secondary N) is 1. The molecule has 0 radical (unpaired) electrons. The Morgan fingerprint density at radius 1 is 1.18 bits per heavy atom. The number of rotatable bonds is 5. The zero-order valence-electron chi connectivity index (χ0n) is 15.9. The van der Waals surface area contributed by atoms with E-state index >= 15 is 0 Å². The molecule has 1 aliphatic heterocycles. The molecule has 2 amide bonds. The normalized spacial score (nSPS) is 14.5. The summed E-state index contributed by atoms with van der Waals surface area (Å²) in [5.41, 5.74) is 1.49. The van der Waals surface area contributed by atoms with Crippen LogP contribution < -0.4 is 10.2 Å². The molecule has 0 aliphatic carbocycles. The standard InChI is InChI=1S/C20H23BrClN3O3/c1-13(2)11-19(26)25-9-7-24(8-10-25)16-4-3-14(12-15(16)22)23-20(27)17-5-6-18(21)28-17/h3-6,12-13H,7-11H2,1-2H3,(H,23,27). The van der Waals surface area contributed by atoms with Crippen LogP contribution in [-0.2, 0) is 4.79 Å². The molecular formula is C20H23BrClN3O3. The summed E-state index contributed by atoms with van der Waals surface area (Å²) in [6.07, 6.45) is 0.585. The fourth-order valence-electron chi connectivity index (χ4n) is 3.15. The Kier molecular flexibility index (Phi) is 6.67. The SMILES string of the molecule is CC(C)CC(=O)N1CCN(c2ccc(NC(=O)c3ccc(Br)o3)cc2Cl)CC1. The van der Waals surface area contributed by atoms with Crippen molar-refractivity contribution < 1.29 is 14.0 Å². The summed E-state index contributed by atoms with van der Waals surface area (Å²) in [5.74, 6) is 0.453. The van der Waals surface area contributed by atoms with E-state index in [1.807, 2.05) is 17.0 Å². The third kappa shape index (κ3) is 5.08. The number of carbonyl (C=O) groups is 2. The molecule has 1 saturated heterocycles. The second-order valence-electron chi connectivity index (χ2n) is 7.19. The van der Waals surface area contributed by atoms with Gasteiger partial charge in [0.1, 0.15) is 0 Å². The summed E-state index contributed by atoms with van der Waals surface area (Å²) in [7, 11) is 0. The minimum absolute atomic E-state index is 0.211. The molecule has 150 valence electrons. The average Bonchev–Trinajstić information content (AvgIpc) is 3.08. The molecule has 0 saturated carbocycles. The van der Waals surface area contributed by atoms with E-state index < -0.39 is 0 Å². The van der Waals surface area contributed by atoms with Gasteiger partial charge in [-0.1, -0.05) is 25.4 Å². The Morgan fingerprint density at radius 3 is 2.46 bits per heavy atom. The molecule has 1 N–H and O–H groups in total. The zero-order valence-corrected chi connectivity index (χ0v) is 18.2. The van der Waals surface area contributed by atoms with Gasteiger partial charge in [0.25, 0.3) is 5.91 Å². The van der Waals surface area contributed by atoms with Crippen molar-refractivity contribution >= 4 is 50.7 Å². The first kappa shape index (κ1) is 20.7. The first-order valence-electron chi connectivity index (χ1n) is 9.22. The molecule has 1 aromatic heterocycles. The summed E-state index contributed by atoms with van der Waals surface area (Å²) in [6.45, 7) is 6.95.